The van der Waals surface area contributed by atoms with Crippen LogP contribution >= 0.6 is 23.1 Å². The first-order valence-corrected chi connectivity index (χ1v) is 15.4. The number of rotatable bonds is 9. The fourth-order valence-electron chi connectivity index (χ4n) is 4.83. The molecule has 0 saturated heterocycles. The number of thioether (sulfide) groups is 1. The van der Waals surface area contributed by atoms with Crippen LogP contribution in [0.1, 0.15) is 50.4 Å². The van der Waals surface area contributed by atoms with Crippen LogP contribution in [0.5, 0.6) is 0 Å². The maximum Gasteiger partial charge on any atom is 0.287 e. The molecule has 1 N–H and O–H groups in total. The first-order chi connectivity index (χ1) is 20.9. The Hall–Kier alpha value is -4.55. The van der Waals surface area contributed by atoms with Gasteiger partial charge in [-0.05, 0) is 72.3 Å². The molecule has 0 radical (unpaired) electrons. The SMILES string of the molecule is Cc1ccc(C)c(-n2c(CNC(=O)c3ccco3)nnc2SCC(=O)N2N=C(c3cccs3)CC2c2ccc(F)cc2)c1. The normalized spacial score (nSPS) is 14.6. The van der Waals surface area contributed by atoms with Gasteiger partial charge in [0.25, 0.3) is 11.8 Å². The quantitative estimate of drug-likeness (QED) is 0.202. The van der Waals surface area contributed by atoms with E-state index in [-0.39, 0.29) is 41.7 Å². The van der Waals surface area contributed by atoms with Crippen molar-refractivity contribution in [3.8, 4) is 5.69 Å². The molecule has 3 aromatic heterocycles. The lowest BCUT2D eigenvalue weighted by Crippen LogP contribution is -2.28. The van der Waals surface area contributed by atoms with Crippen LogP contribution < -0.4 is 5.32 Å². The number of amides is 2. The molecule has 1 atom stereocenters. The van der Waals surface area contributed by atoms with Crippen molar-refractivity contribution in [2.75, 3.05) is 5.75 Å². The molecule has 2 aromatic carbocycles. The monoisotopic (exact) mass is 614 g/mol. The molecule has 0 aliphatic carbocycles. The predicted molar refractivity (Wildman–Crippen MR) is 163 cm³/mol. The van der Waals surface area contributed by atoms with Gasteiger partial charge in [0.2, 0.25) is 0 Å². The minimum atomic E-state index is -0.370. The number of hydrogen-bond donors (Lipinski definition) is 1. The van der Waals surface area contributed by atoms with Crippen molar-refractivity contribution >= 4 is 40.6 Å². The molecule has 0 bridgehead atoms. The van der Waals surface area contributed by atoms with Gasteiger partial charge in [-0.3, -0.25) is 14.2 Å². The maximum atomic E-state index is 13.7. The third-order valence-corrected chi connectivity index (χ3v) is 8.84. The predicted octanol–water partition coefficient (Wildman–Crippen LogP) is 6.08. The zero-order chi connectivity index (χ0) is 29.9. The summed E-state index contributed by atoms with van der Waals surface area (Å²) < 4.78 is 20.8. The fourth-order valence-corrected chi connectivity index (χ4v) is 6.37. The third kappa shape index (κ3) is 6.15. The number of benzene rings is 2. The Morgan fingerprint density at radius 2 is 1.93 bits per heavy atom. The molecule has 1 aliphatic rings. The minimum Gasteiger partial charge on any atom is -0.459 e. The van der Waals surface area contributed by atoms with Crippen LogP contribution in [0.2, 0.25) is 0 Å². The van der Waals surface area contributed by atoms with E-state index in [9.17, 15) is 14.0 Å². The summed E-state index contributed by atoms with van der Waals surface area (Å²) in [6, 6.07) is 19.0. The van der Waals surface area contributed by atoms with Crippen molar-refractivity contribution in [2.45, 2.75) is 38.0 Å². The van der Waals surface area contributed by atoms with E-state index in [1.165, 1.54) is 35.2 Å². The van der Waals surface area contributed by atoms with Gasteiger partial charge in [0, 0.05) is 6.42 Å². The number of hydrogen-bond acceptors (Lipinski definition) is 8. The molecule has 218 valence electrons. The van der Waals surface area contributed by atoms with Gasteiger partial charge in [-0.15, -0.1) is 21.5 Å². The molecule has 0 spiro atoms. The molecule has 6 rings (SSSR count). The van der Waals surface area contributed by atoms with Crippen LogP contribution in [0.25, 0.3) is 5.69 Å². The number of halogens is 1. The largest absolute Gasteiger partial charge is 0.459 e. The Morgan fingerprint density at radius 1 is 1.09 bits per heavy atom. The smallest absolute Gasteiger partial charge is 0.287 e. The number of nitrogens with zero attached hydrogens (tertiary/aromatic N) is 5. The molecule has 5 aromatic rings. The fraction of sp³-hybridized carbons (Fsp3) is 0.194. The number of aromatic nitrogens is 3. The lowest BCUT2D eigenvalue weighted by Gasteiger charge is -2.22. The average Bonchev–Trinajstić information content (AvgIpc) is 3.83. The second-order valence-electron chi connectivity index (χ2n) is 10.0. The number of aryl methyl sites for hydroxylation is 2. The molecule has 12 heteroatoms. The second kappa shape index (κ2) is 12.4. The van der Waals surface area contributed by atoms with Gasteiger partial charge >= 0.3 is 0 Å². The minimum absolute atomic E-state index is 0.0423. The first-order valence-electron chi connectivity index (χ1n) is 13.5. The number of carbonyl (C=O) groups is 2. The van der Waals surface area contributed by atoms with Gasteiger partial charge < -0.3 is 9.73 Å². The van der Waals surface area contributed by atoms with E-state index >= 15 is 0 Å². The van der Waals surface area contributed by atoms with Crippen molar-refractivity contribution in [3.63, 3.8) is 0 Å². The van der Waals surface area contributed by atoms with E-state index in [4.69, 9.17) is 9.52 Å². The summed E-state index contributed by atoms with van der Waals surface area (Å²) in [4.78, 5) is 27.2. The van der Waals surface area contributed by atoms with E-state index in [2.05, 4.69) is 15.5 Å². The summed E-state index contributed by atoms with van der Waals surface area (Å²) in [6.07, 6.45) is 1.97. The van der Waals surface area contributed by atoms with Crippen LogP contribution in [0.15, 0.2) is 93.0 Å². The van der Waals surface area contributed by atoms with Crippen molar-refractivity contribution in [2.24, 2.45) is 5.10 Å². The van der Waals surface area contributed by atoms with E-state index in [0.717, 1.165) is 33.0 Å². The topological polar surface area (TPSA) is 106 Å². The Balaban J connectivity index is 1.26. The summed E-state index contributed by atoms with van der Waals surface area (Å²) in [6.45, 7) is 4.08. The summed E-state index contributed by atoms with van der Waals surface area (Å²) in [7, 11) is 0. The number of hydrazone groups is 1. The number of carbonyl (C=O) groups excluding carboxylic acids is 2. The lowest BCUT2D eigenvalue weighted by molar-refractivity contribution is -0.130. The molecule has 9 nitrogen and oxygen atoms in total. The van der Waals surface area contributed by atoms with Crippen LogP contribution in [-0.4, -0.2) is 43.1 Å². The van der Waals surface area contributed by atoms with E-state index in [1.54, 1.807) is 35.6 Å². The Kier molecular flexibility index (Phi) is 8.21. The van der Waals surface area contributed by atoms with Crippen LogP contribution in [0, 0.1) is 19.7 Å². The van der Waals surface area contributed by atoms with Gasteiger partial charge in [-0.1, -0.05) is 42.1 Å². The van der Waals surface area contributed by atoms with Gasteiger partial charge in [0.05, 0.1) is 40.9 Å². The molecule has 2 amide bonds. The van der Waals surface area contributed by atoms with Crippen LogP contribution in [-0.2, 0) is 11.3 Å². The van der Waals surface area contributed by atoms with Gasteiger partial charge in [0.1, 0.15) is 5.82 Å². The Morgan fingerprint density at radius 3 is 2.67 bits per heavy atom. The van der Waals surface area contributed by atoms with Gasteiger partial charge in [-0.25, -0.2) is 9.40 Å². The van der Waals surface area contributed by atoms with E-state index in [0.29, 0.717) is 17.4 Å². The number of furan rings is 1. The summed E-state index contributed by atoms with van der Waals surface area (Å²) >= 11 is 2.81. The van der Waals surface area contributed by atoms with Gasteiger partial charge in [-0.2, -0.15) is 5.10 Å². The standard InChI is InChI=1S/C31H27FN6O3S2/c1-19-7-8-20(2)24(15-19)37-28(17-33-30(40)26-5-3-13-41-26)34-35-31(37)43-18-29(39)38-25(21-9-11-22(32)12-10-21)16-23(36-38)27-6-4-14-42-27/h3-15,25H,16-18H2,1-2H3,(H,33,40). The van der Waals surface area contributed by atoms with Crippen molar-refractivity contribution in [1.82, 2.24) is 25.1 Å². The maximum absolute atomic E-state index is 13.7. The highest BCUT2D eigenvalue weighted by atomic mass is 32.2. The molecule has 0 saturated carbocycles. The van der Waals surface area contributed by atoms with Crippen LogP contribution in [0.3, 0.4) is 0 Å². The van der Waals surface area contributed by atoms with Crippen molar-refractivity contribution in [1.29, 1.82) is 0 Å². The number of thiophene rings is 1. The molecule has 1 aliphatic heterocycles. The summed E-state index contributed by atoms with van der Waals surface area (Å²) in [5.74, 6) is -0.176. The molecule has 43 heavy (non-hydrogen) atoms. The molecular formula is C31H27FN6O3S2. The van der Waals surface area contributed by atoms with Crippen LogP contribution in [0.4, 0.5) is 4.39 Å². The van der Waals surface area contributed by atoms with Gasteiger partial charge in [0.15, 0.2) is 16.7 Å². The zero-order valence-electron chi connectivity index (χ0n) is 23.4. The van der Waals surface area contributed by atoms with E-state index in [1.807, 2.05) is 54.1 Å². The Bertz CT molecular complexity index is 1780. The average molecular weight is 615 g/mol. The molecular weight excluding hydrogens is 588 g/mol. The highest BCUT2D eigenvalue weighted by molar-refractivity contribution is 7.99. The molecule has 4 heterocycles. The number of nitrogens with one attached hydrogen (secondary N) is 1. The second-order valence-corrected chi connectivity index (χ2v) is 11.9. The van der Waals surface area contributed by atoms with Crippen molar-refractivity contribution < 1.29 is 18.4 Å². The highest BCUT2D eigenvalue weighted by Gasteiger charge is 2.34. The zero-order valence-corrected chi connectivity index (χ0v) is 25.0. The highest BCUT2D eigenvalue weighted by Crippen LogP contribution is 2.35. The third-order valence-electron chi connectivity index (χ3n) is 7.01. The van der Waals surface area contributed by atoms with Crippen molar-refractivity contribution in [3.05, 3.63) is 117 Å². The lowest BCUT2D eigenvalue weighted by atomic mass is 10.0. The summed E-state index contributed by atoms with van der Waals surface area (Å²) in [5.41, 5.74) is 4.50. The Labute approximate surface area is 255 Å². The van der Waals surface area contributed by atoms with E-state index < -0.39 is 0 Å². The summed E-state index contributed by atoms with van der Waals surface area (Å²) in [5, 5.41) is 20.3. The molecule has 1 unspecified atom stereocenters. The first kappa shape index (κ1) is 28.6. The molecule has 0 fully saturated rings.